The molecule has 16 nitrogen and oxygen atoms in total. The molecule has 0 unspecified atom stereocenters. The zero-order valence-corrected chi connectivity index (χ0v) is 27.3. The smallest absolute Gasteiger partial charge is 0.432 e. The number of carboxylic acid groups (broad SMARTS) is 1. The maximum absolute atomic E-state index is 11.8. The number of anilines is 2. The predicted octanol–water partition coefficient (Wildman–Crippen LogP) is -0.132. The van der Waals surface area contributed by atoms with Crippen molar-refractivity contribution in [2.45, 2.75) is 45.7 Å². The molecule has 0 aliphatic carbocycles. The molecule has 6 fully saturated rings. The van der Waals surface area contributed by atoms with E-state index in [1.54, 1.807) is 0 Å². The molecule has 252 valence electrons. The Kier molecular flexibility index (Phi) is 10.4. The first-order valence-electron chi connectivity index (χ1n) is 16.9. The summed E-state index contributed by atoms with van der Waals surface area (Å²) in [5.74, 6) is 0.413. The van der Waals surface area contributed by atoms with Gasteiger partial charge in [-0.05, 0) is 58.8 Å². The van der Waals surface area contributed by atoms with Gasteiger partial charge < -0.3 is 37.9 Å². The molecule has 0 amide bonds. The average molecular weight is 660 g/mol. The SMILES string of the molecule is CCOC(=O)C1CCN(Cc2cnc(N(B3CO3)B3CO3)nc2)CC1.O=C(O)C1CCN(Cc2cnc(N(B3CO3)B3CO3)nc2)CC1. The van der Waals surface area contributed by atoms with Crippen molar-refractivity contribution >= 4 is 52.0 Å². The van der Waals surface area contributed by atoms with Crippen LogP contribution in [0, 0.1) is 11.8 Å². The molecule has 0 aromatic carbocycles. The van der Waals surface area contributed by atoms with Crippen LogP contribution < -0.4 is 9.44 Å². The highest BCUT2D eigenvalue weighted by atomic mass is 16.6. The van der Waals surface area contributed by atoms with Gasteiger partial charge in [-0.3, -0.25) is 19.4 Å². The fourth-order valence-corrected chi connectivity index (χ4v) is 6.27. The standard InChI is InChI=1S/C15H22B2N4O4.C13H18B2N4O4/c1-2-23-14(22)13-3-5-20(6-4-13)9-12-7-18-15(19-8-12)21(16-10-24-16)17-11-25-17;20-12(21)11-1-3-18(4-2-11)7-10-5-16-13(17-6-10)19(14-8-22-14)15-9-23-15/h7-8,13H,2-6,9-11H2,1H3;5-6,11H,1-4,7-9H2,(H,20,21). The molecule has 0 radical (unpaired) electrons. The molecule has 6 saturated heterocycles. The van der Waals surface area contributed by atoms with Crippen LogP contribution in [-0.4, -0.2) is 134 Å². The van der Waals surface area contributed by atoms with Crippen molar-refractivity contribution in [1.82, 2.24) is 29.7 Å². The van der Waals surface area contributed by atoms with E-state index in [1.807, 2.05) is 41.2 Å². The normalized spacial score (nSPS) is 20.9. The van der Waals surface area contributed by atoms with Crippen molar-refractivity contribution in [1.29, 1.82) is 0 Å². The molecule has 2 aromatic rings. The number of likely N-dealkylation sites (tertiary alicyclic amines) is 2. The van der Waals surface area contributed by atoms with E-state index in [2.05, 4.69) is 29.7 Å². The van der Waals surface area contributed by atoms with E-state index in [4.69, 9.17) is 28.5 Å². The minimum Gasteiger partial charge on any atom is -0.481 e. The molecule has 2 aromatic heterocycles. The summed E-state index contributed by atoms with van der Waals surface area (Å²) in [5, 5.41) is 9.03. The van der Waals surface area contributed by atoms with Crippen molar-refractivity contribution in [2.24, 2.45) is 11.8 Å². The molecule has 6 aliphatic heterocycles. The van der Waals surface area contributed by atoms with E-state index in [9.17, 15) is 9.59 Å². The molecule has 6 aliphatic rings. The van der Waals surface area contributed by atoms with Gasteiger partial charge in [-0.1, -0.05) is 0 Å². The van der Waals surface area contributed by atoms with Gasteiger partial charge in [0.15, 0.2) is 0 Å². The first-order valence-corrected chi connectivity index (χ1v) is 16.9. The second kappa shape index (κ2) is 15.1. The van der Waals surface area contributed by atoms with Crippen molar-refractivity contribution < 1.29 is 38.0 Å². The minimum absolute atomic E-state index is 0.0421. The summed E-state index contributed by atoms with van der Waals surface area (Å²) in [4.78, 5) is 45.2. The minimum atomic E-state index is -0.679. The lowest BCUT2D eigenvalue weighted by molar-refractivity contribution is -0.149. The summed E-state index contributed by atoms with van der Waals surface area (Å²) < 4.78 is 30.4. The largest absolute Gasteiger partial charge is 0.481 e. The third-order valence-corrected chi connectivity index (χ3v) is 9.31. The third kappa shape index (κ3) is 8.84. The molecule has 8 rings (SSSR count). The van der Waals surface area contributed by atoms with E-state index in [0.717, 1.165) is 63.2 Å². The van der Waals surface area contributed by atoms with Gasteiger partial charge in [0.1, 0.15) is 0 Å². The van der Waals surface area contributed by atoms with Crippen molar-refractivity contribution in [3.8, 4) is 0 Å². The summed E-state index contributed by atoms with van der Waals surface area (Å²) in [7, 11) is 0.201. The van der Waals surface area contributed by atoms with Gasteiger partial charge in [0.2, 0.25) is 11.9 Å². The summed E-state index contributed by atoms with van der Waals surface area (Å²) in [6, 6.07) is 0. The van der Waals surface area contributed by atoms with Gasteiger partial charge in [0, 0.05) is 49.0 Å². The number of hydrogen-bond acceptors (Lipinski definition) is 15. The number of nitrogens with zero attached hydrogens (tertiary/aromatic N) is 8. The first kappa shape index (κ1) is 33.2. The van der Waals surface area contributed by atoms with Crippen LogP contribution in [0.15, 0.2) is 24.8 Å². The van der Waals surface area contributed by atoms with Crippen LogP contribution in [0.5, 0.6) is 0 Å². The molecule has 1 N–H and O–H groups in total. The van der Waals surface area contributed by atoms with E-state index in [0.29, 0.717) is 57.4 Å². The fraction of sp³-hybridized carbons (Fsp3) is 0.643. The zero-order chi connectivity index (χ0) is 33.0. The number of carboxylic acids is 1. The number of piperidine rings is 2. The quantitative estimate of drug-likeness (QED) is 0.171. The number of carbonyl (C=O) groups excluding carboxylic acids is 1. The maximum Gasteiger partial charge on any atom is 0.432 e. The maximum atomic E-state index is 11.8. The van der Waals surface area contributed by atoms with Gasteiger partial charge in [-0.2, -0.15) is 0 Å². The van der Waals surface area contributed by atoms with Crippen LogP contribution in [0.4, 0.5) is 11.9 Å². The summed E-state index contributed by atoms with van der Waals surface area (Å²) in [6.07, 6.45) is 10.5. The predicted molar refractivity (Wildman–Crippen MR) is 176 cm³/mol. The Morgan fingerprint density at radius 2 is 1.08 bits per heavy atom. The highest BCUT2D eigenvalue weighted by Crippen LogP contribution is 2.26. The molecule has 0 bridgehead atoms. The van der Waals surface area contributed by atoms with Crippen molar-refractivity contribution in [3.05, 3.63) is 35.9 Å². The second-order valence-electron chi connectivity index (χ2n) is 12.9. The molecule has 20 heteroatoms. The molecule has 0 saturated carbocycles. The summed E-state index contributed by atoms with van der Waals surface area (Å²) >= 11 is 0. The van der Waals surface area contributed by atoms with E-state index in [1.165, 1.54) is 0 Å². The van der Waals surface area contributed by atoms with Gasteiger partial charge in [0.25, 0.3) is 0 Å². The van der Waals surface area contributed by atoms with E-state index in [-0.39, 0.29) is 46.0 Å². The van der Waals surface area contributed by atoms with Gasteiger partial charge in [0.05, 0.1) is 44.5 Å². The lowest BCUT2D eigenvalue weighted by Crippen LogP contribution is -2.38. The number of aromatic nitrogens is 4. The number of hydrogen-bond donors (Lipinski definition) is 1. The molecular weight excluding hydrogens is 620 g/mol. The number of esters is 1. The number of carbonyl (C=O) groups is 2. The Bertz CT molecular complexity index is 1360. The highest BCUT2D eigenvalue weighted by Gasteiger charge is 2.52. The highest BCUT2D eigenvalue weighted by molar-refractivity contribution is 6.84. The van der Waals surface area contributed by atoms with E-state index >= 15 is 0 Å². The fourth-order valence-electron chi connectivity index (χ4n) is 6.27. The van der Waals surface area contributed by atoms with Crippen molar-refractivity contribution in [3.63, 3.8) is 0 Å². The molecule has 8 heterocycles. The molecular formula is C28H40B4N8O8. The Morgan fingerprint density at radius 3 is 1.40 bits per heavy atom. The van der Waals surface area contributed by atoms with Gasteiger partial charge >= 0.3 is 40.1 Å². The summed E-state index contributed by atoms with van der Waals surface area (Å²) in [5.41, 5.74) is 2.11. The van der Waals surface area contributed by atoms with Crippen LogP contribution in [0.1, 0.15) is 43.7 Å². The average Bonchev–Trinajstić information content (AvgIpc) is 3.91. The topological polar surface area (TPSA) is 178 Å². The van der Waals surface area contributed by atoms with Crippen LogP contribution >= 0.6 is 0 Å². The lowest BCUT2D eigenvalue weighted by atomic mass is 9.77. The summed E-state index contributed by atoms with van der Waals surface area (Å²) in [6.45, 7) is 10.1. The van der Waals surface area contributed by atoms with Crippen LogP contribution in [0.25, 0.3) is 0 Å². The van der Waals surface area contributed by atoms with E-state index < -0.39 is 5.97 Å². The lowest BCUT2D eigenvalue weighted by Gasteiger charge is -2.30. The second-order valence-corrected chi connectivity index (χ2v) is 12.9. The Labute approximate surface area is 281 Å². The van der Waals surface area contributed by atoms with Crippen molar-refractivity contribution in [2.75, 3.05) is 68.3 Å². The van der Waals surface area contributed by atoms with Gasteiger partial charge in [-0.15, -0.1) is 0 Å². The third-order valence-electron chi connectivity index (χ3n) is 9.31. The van der Waals surface area contributed by atoms with Gasteiger partial charge in [-0.25, -0.2) is 19.9 Å². The Balaban J connectivity index is 0.000000152. The molecule has 0 atom stereocenters. The van der Waals surface area contributed by atoms with Crippen LogP contribution in [-0.2, 0) is 46.0 Å². The Morgan fingerprint density at radius 1 is 0.729 bits per heavy atom. The molecule has 48 heavy (non-hydrogen) atoms. The van der Waals surface area contributed by atoms with Crippen LogP contribution in [0.2, 0.25) is 0 Å². The number of rotatable bonds is 13. The first-order chi connectivity index (χ1) is 23.4. The Hall–Kier alpha value is -3.28. The molecule has 0 spiro atoms. The monoisotopic (exact) mass is 660 g/mol. The number of aliphatic carboxylic acids is 1. The van der Waals surface area contributed by atoms with Crippen LogP contribution in [0.3, 0.4) is 0 Å². The zero-order valence-electron chi connectivity index (χ0n) is 27.3. The number of ether oxygens (including phenoxy) is 1.